The van der Waals surface area contributed by atoms with Crippen LogP contribution in [0.5, 0.6) is 0 Å². The molecule has 3 rings (SSSR count). The normalized spacial score (nSPS) is 29.7. The number of nitrogens with one attached hydrogen (secondary N) is 1. The predicted octanol–water partition coefficient (Wildman–Crippen LogP) is 1.73. The van der Waals surface area contributed by atoms with Crippen molar-refractivity contribution < 1.29 is 14.6 Å². The lowest BCUT2D eigenvalue weighted by molar-refractivity contribution is -0.189. The van der Waals surface area contributed by atoms with E-state index in [1.54, 1.807) is 0 Å². The van der Waals surface area contributed by atoms with Gasteiger partial charge in [-0.15, -0.1) is 0 Å². The van der Waals surface area contributed by atoms with Gasteiger partial charge in [0, 0.05) is 24.7 Å². The van der Waals surface area contributed by atoms with Crippen LogP contribution in [0.15, 0.2) is 24.3 Å². The van der Waals surface area contributed by atoms with Gasteiger partial charge in [-0.3, -0.25) is 4.79 Å². The summed E-state index contributed by atoms with van der Waals surface area (Å²) in [6, 6.07) is 7.76. The number of amides is 1. The minimum Gasteiger partial charge on any atom is -0.386 e. The van der Waals surface area contributed by atoms with Crippen LogP contribution in [0.1, 0.15) is 42.1 Å². The summed E-state index contributed by atoms with van der Waals surface area (Å²) in [7, 11) is 1.88. The Kier molecular flexibility index (Phi) is 4.69. The molecule has 132 valence electrons. The summed E-state index contributed by atoms with van der Waals surface area (Å²) >= 11 is 0. The molecule has 0 unspecified atom stereocenters. The number of aryl methyl sites for hydroxylation is 1. The molecule has 2 aliphatic heterocycles. The van der Waals surface area contributed by atoms with E-state index in [1.807, 2.05) is 50.1 Å². The lowest BCUT2D eigenvalue weighted by atomic mass is 9.77. The SMILES string of the molecule is CN[C@H]1CC2(CCN(C(=O)c3ccccc3C)CC2)OC[C@]1(C)O. The van der Waals surface area contributed by atoms with Crippen molar-refractivity contribution >= 4 is 5.91 Å². The number of hydrogen-bond donors (Lipinski definition) is 2. The highest BCUT2D eigenvalue weighted by atomic mass is 16.5. The Morgan fingerprint density at radius 3 is 2.62 bits per heavy atom. The van der Waals surface area contributed by atoms with E-state index in [0.717, 1.165) is 30.4 Å². The molecule has 0 saturated carbocycles. The molecule has 24 heavy (non-hydrogen) atoms. The summed E-state index contributed by atoms with van der Waals surface area (Å²) in [5.41, 5.74) is 0.740. The number of carbonyl (C=O) groups excluding carboxylic acids is 1. The van der Waals surface area contributed by atoms with Crippen molar-refractivity contribution in [3.05, 3.63) is 35.4 Å². The third-order valence-electron chi connectivity index (χ3n) is 5.68. The fourth-order valence-corrected chi connectivity index (χ4v) is 3.91. The van der Waals surface area contributed by atoms with E-state index in [9.17, 15) is 9.90 Å². The molecule has 2 heterocycles. The standard InChI is InChI=1S/C19H28N2O3/c1-14-6-4-5-7-15(14)17(22)21-10-8-19(9-11-21)12-16(20-3)18(2,23)13-24-19/h4-7,16,20,23H,8-13H2,1-3H3/t16-,18-/m0/s1. The molecule has 2 aliphatic rings. The van der Waals surface area contributed by atoms with Gasteiger partial charge in [0.2, 0.25) is 0 Å². The van der Waals surface area contributed by atoms with Gasteiger partial charge in [-0.05, 0) is 51.8 Å². The Bertz CT molecular complexity index is 606. The number of hydrogen-bond acceptors (Lipinski definition) is 4. The number of likely N-dealkylation sites (tertiary alicyclic amines) is 1. The minimum absolute atomic E-state index is 0.0184. The van der Waals surface area contributed by atoms with Crippen molar-refractivity contribution in [1.82, 2.24) is 10.2 Å². The highest BCUT2D eigenvalue weighted by Gasteiger charge is 2.48. The van der Waals surface area contributed by atoms with Crippen LogP contribution < -0.4 is 5.32 Å². The highest BCUT2D eigenvalue weighted by Crippen LogP contribution is 2.38. The first-order chi connectivity index (χ1) is 11.4. The summed E-state index contributed by atoms with van der Waals surface area (Å²) in [6.45, 7) is 5.53. The van der Waals surface area contributed by atoms with Crippen molar-refractivity contribution in [2.75, 3.05) is 26.7 Å². The first-order valence-corrected chi connectivity index (χ1v) is 8.75. The van der Waals surface area contributed by atoms with Crippen LogP contribution in [0.2, 0.25) is 0 Å². The molecule has 2 N–H and O–H groups in total. The molecule has 0 bridgehead atoms. The van der Waals surface area contributed by atoms with Crippen LogP contribution in [-0.4, -0.2) is 59.9 Å². The van der Waals surface area contributed by atoms with Crippen molar-refractivity contribution in [3.8, 4) is 0 Å². The van der Waals surface area contributed by atoms with E-state index in [0.29, 0.717) is 19.7 Å². The lowest BCUT2D eigenvalue weighted by Gasteiger charge is -2.50. The summed E-state index contributed by atoms with van der Waals surface area (Å²) in [5, 5.41) is 13.6. The Morgan fingerprint density at radius 2 is 2.00 bits per heavy atom. The van der Waals surface area contributed by atoms with Gasteiger partial charge in [-0.1, -0.05) is 18.2 Å². The first kappa shape index (κ1) is 17.4. The van der Waals surface area contributed by atoms with Crippen molar-refractivity contribution in [2.45, 2.75) is 50.4 Å². The molecule has 1 spiro atoms. The summed E-state index contributed by atoms with van der Waals surface area (Å²) in [4.78, 5) is 14.7. The van der Waals surface area contributed by atoms with Crippen LogP contribution in [0, 0.1) is 6.92 Å². The van der Waals surface area contributed by atoms with Gasteiger partial charge in [-0.25, -0.2) is 0 Å². The Morgan fingerprint density at radius 1 is 1.33 bits per heavy atom. The number of benzene rings is 1. The molecule has 2 fully saturated rings. The molecule has 0 aliphatic carbocycles. The molecule has 0 aromatic heterocycles. The average Bonchev–Trinajstić information content (AvgIpc) is 2.58. The number of ether oxygens (including phenoxy) is 1. The van der Waals surface area contributed by atoms with Gasteiger partial charge in [0.25, 0.3) is 5.91 Å². The van der Waals surface area contributed by atoms with Crippen LogP contribution in [-0.2, 0) is 4.74 Å². The monoisotopic (exact) mass is 332 g/mol. The van der Waals surface area contributed by atoms with E-state index in [-0.39, 0.29) is 17.6 Å². The molecule has 1 aromatic carbocycles. The maximum absolute atomic E-state index is 12.7. The van der Waals surface area contributed by atoms with Crippen LogP contribution in [0.25, 0.3) is 0 Å². The van der Waals surface area contributed by atoms with Gasteiger partial charge >= 0.3 is 0 Å². The van der Waals surface area contributed by atoms with E-state index in [4.69, 9.17) is 4.74 Å². The fourth-order valence-electron chi connectivity index (χ4n) is 3.91. The zero-order valence-corrected chi connectivity index (χ0v) is 14.8. The molecular formula is C19H28N2O3. The van der Waals surface area contributed by atoms with Gasteiger partial charge in [0.15, 0.2) is 0 Å². The minimum atomic E-state index is -0.839. The zero-order chi connectivity index (χ0) is 17.4. The largest absolute Gasteiger partial charge is 0.386 e. The summed E-state index contributed by atoms with van der Waals surface area (Å²) in [6.07, 6.45) is 2.42. The maximum atomic E-state index is 12.7. The Hall–Kier alpha value is -1.43. The van der Waals surface area contributed by atoms with Gasteiger partial charge in [0.05, 0.1) is 12.2 Å². The average molecular weight is 332 g/mol. The molecule has 1 aromatic rings. The van der Waals surface area contributed by atoms with Gasteiger partial charge in [0.1, 0.15) is 5.60 Å². The lowest BCUT2D eigenvalue weighted by Crippen LogP contribution is -2.62. The van der Waals surface area contributed by atoms with E-state index in [1.165, 1.54) is 0 Å². The highest BCUT2D eigenvalue weighted by molar-refractivity contribution is 5.95. The third kappa shape index (κ3) is 3.21. The smallest absolute Gasteiger partial charge is 0.254 e. The van der Waals surface area contributed by atoms with Crippen molar-refractivity contribution in [2.24, 2.45) is 0 Å². The molecule has 5 nitrogen and oxygen atoms in total. The van der Waals surface area contributed by atoms with Crippen LogP contribution in [0.3, 0.4) is 0 Å². The van der Waals surface area contributed by atoms with E-state index >= 15 is 0 Å². The third-order valence-corrected chi connectivity index (χ3v) is 5.68. The fraction of sp³-hybridized carbons (Fsp3) is 0.632. The molecule has 5 heteroatoms. The Balaban J connectivity index is 1.66. The van der Waals surface area contributed by atoms with Gasteiger partial charge < -0.3 is 20.1 Å². The zero-order valence-electron chi connectivity index (χ0n) is 14.8. The predicted molar refractivity (Wildman–Crippen MR) is 93.1 cm³/mol. The van der Waals surface area contributed by atoms with Gasteiger partial charge in [-0.2, -0.15) is 0 Å². The molecular weight excluding hydrogens is 304 g/mol. The molecule has 1 amide bonds. The van der Waals surface area contributed by atoms with E-state index < -0.39 is 5.60 Å². The van der Waals surface area contributed by atoms with Crippen molar-refractivity contribution in [1.29, 1.82) is 0 Å². The number of rotatable bonds is 2. The Labute approximate surface area is 144 Å². The molecule has 2 saturated heterocycles. The van der Waals surface area contributed by atoms with Crippen LogP contribution >= 0.6 is 0 Å². The maximum Gasteiger partial charge on any atom is 0.254 e. The summed E-state index contributed by atoms with van der Waals surface area (Å²) in [5.74, 6) is 0.107. The quantitative estimate of drug-likeness (QED) is 0.866. The number of aliphatic hydroxyl groups is 1. The number of piperidine rings is 1. The van der Waals surface area contributed by atoms with Crippen molar-refractivity contribution in [3.63, 3.8) is 0 Å². The second-order valence-corrected chi connectivity index (χ2v) is 7.48. The molecule has 2 atom stereocenters. The number of carbonyl (C=O) groups is 1. The second-order valence-electron chi connectivity index (χ2n) is 7.48. The first-order valence-electron chi connectivity index (χ1n) is 8.75. The number of likely N-dealkylation sites (N-methyl/N-ethyl adjacent to an activating group) is 1. The second kappa shape index (κ2) is 6.47. The van der Waals surface area contributed by atoms with Crippen LogP contribution in [0.4, 0.5) is 0 Å². The number of nitrogens with zero attached hydrogens (tertiary/aromatic N) is 1. The van der Waals surface area contributed by atoms with E-state index in [2.05, 4.69) is 5.32 Å². The topological polar surface area (TPSA) is 61.8 Å². The summed E-state index contributed by atoms with van der Waals surface area (Å²) < 4.78 is 6.08. The molecule has 0 radical (unpaired) electrons.